The van der Waals surface area contributed by atoms with Crippen molar-refractivity contribution in [2.24, 2.45) is 0 Å². The summed E-state index contributed by atoms with van der Waals surface area (Å²) in [5.74, 6) is 0.638. The van der Waals surface area contributed by atoms with Crippen molar-refractivity contribution in [1.82, 2.24) is 0 Å². The molecule has 0 unspecified atom stereocenters. The Kier molecular flexibility index (Phi) is 6.27. The molecular weight excluding hydrogens is 308 g/mol. The predicted molar refractivity (Wildman–Crippen MR) is 103 cm³/mol. The van der Waals surface area contributed by atoms with E-state index in [-0.39, 0.29) is 5.97 Å². The fraction of sp³-hybridized carbons (Fsp3) is 0.435. The van der Waals surface area contributed by atoms with Crippen molar-refractivity contribution in [1.29, 1.82) is 0 Å². The maximum absolute atomic E-state index is 12.2. The summed E-state index contributed by atoms with van der Waals surface area (Å²) >= 11 is 0. The number of benzene rings is 2. The summed E-state index contributed by atoms with van der Waals surface area (Å²) in [6.07, 6.45) is 9.85. The van der Waals surface area contributed by atoms with E-state index in [9.17, 15) is 4.79 Å². The van der Waals surface area contributed by atoms with Crippen LogP contribution in [-0.4, -0.2) is 5.97 Å². The van der Waals surface area contributed by atoms with E-state index in [2.05, 4.69) is 37.3 Å². The highest BCUT2D eigenvalue weighted by molar-refractivity contribution is 5.81. The van der Waals surface area contributed by atoms with Crippen molar-refractivity contribution < 1.29 is 9.53 Å². The first kappa shape index (κ1) is 17.7. The van der Waals surface area contributed by atoms with Crippen LogP contribution < -0.4 is 4.74 Å². The summed E-state index contributed by atoms with van der Waals surface area (Å²) in [6.45, 7) is 2.23. The van der Waals surface area contributed by atoms with Crippen LogP contribution in [0.15, 0.2) is 42.5 Å². The van der Waals surface area contributed by atoms with Crippen molar-refractivity contribution in [2.45, 2.75) is 64.7 Å². The molecule has 1 aliphatic rings. The molecule has 2 heteroatoms. The van der Waals surface area contributed by atoms with Gasteiger partial charge in [-0.1, -0.05) is 81.8 Å². The fourth-order valence-electron chi connectivity index (χ4n) is 3.62. The predicted octanol–water partition coefficient (Wildman–Crippen LogP) is 6.30. The van der Waals surface area contributed by atoms with E-state index in [4.69, 9.17) is 4.74 Å². The molecule has 0 bridgehead atoms. The minimum Gasteiger partial charge on any atom is -0.426 e. The zero-order valence-electron chi connectivity index (χ0n) is 15.2. The van der Waals surface area contributed by atoms with E-state index in [1.165, 1.54) is 48.8 Å². The lowest BCUT2D eigenvalue weighted by molar-refractivity contribution is -0.134. The Balaban J connectivity index is 1.50. The molecule has 0 heterocycles. The quantitative estimate of drug-likeness (QED) is 0.260. The molecule has 0 spiro atoms. The van der Waals surface area contributed by atoms with Gasteiger partial charge in [0.05, 0.1) is 0 Å². The van der Waals surface area contributed by atoms with Crippen molar-refractivity contribution in [2.75, 3.05) is 0 Å². The lowest BCUT2D eigenvalue weighted by Gasteiger charge is -2.09. The van der Waals surface area contributed by atoms with Gasteiger partial charge in [-0.25, -0.2) is 0 Å². The van der Waals surface area contributed by atoms with Crippen LogP contribution in [-0.2, 0) is 11.2 Å². The van der Waals surface area contributed by atoms with E-state index < -0.39 is 0 Å². The number of carbonyl (C=O) groups excluding carboxylic acids is 1. The van der Waals surface area contributed by atoms with Gasteiger partial charge in [0, 0.05) is 18.4 Å². The van der Waals surface area contributed by atoms with Gasteiger partial charge in [-0.3, -0.25) is 4.79 Å². The van der Waals surface area contributed by atoms with Crippen LogP contribution >= 0.6 is 0 Å². The Labute approximate surface area is 151 Å². The Morgan fingerprint density at radius 3 is 2.44 bits per heavy atom. The van der Waals surface area contributed by atoms with Crippen LogP contribution in [0.2, 0.25) is 0 Å². The molecule has 0 atom stereocenters. The van der Waals surface area contributed by atoms with E-state index in [0.717, 1.165) is 30.6 Å². The van der Waals surface area contributed by atoms with Gasteiger partial charge in [0.15, 0.2) is 0 Å². The third-order valence-corrected chi connectivity index (χ3v) is 5.02. The highest BCUT2D eigenvalue weighted by atomic mass is 16.5. The molecule has 0 amide bonds. The SMILES string of the molecule is CCCCCCCCCC(=O)Oc1cccc2c1Cc1ccccc1-2. The Morgan fingerprint density at radius 2 is 1.60 bits per heavy atom. The first-order valence-electron chi connectivity index (χ1n) is 9.70. The maximum Gasteiger partial charge on any atom is 0.311 e. The van der Waals surface area contributed by atoms with Crippen LogP contribution in [0.4, 0.5) is 0 Å². The zero-order valence-corrected chi connectivity index (χ0v) is 15.2. The molecule has 25 heavy (non-hydrogen) atoms. The van der Waals surface area contributed by atoms with Gasteiger partial charge in [0.1, 0.15) is 5.75 Å². The molecule has 0 radical (unpaired) electrons. The van der Waals surface area contributed by atoms with Crippen LogP contribution in [0.1, 0.15) is 69.4 Å². The average molecular weight is 336 g/mol. The molecule has 2 aromatic rings. The Bertz CT molecular complexity index is 718. The van der Waals surface area contributed by atoms with Crippen LogP contribution in [0.5, 0.6) is 5.75 Å². The average Bonchev–Trinajstić information content (AvgIpc) is 3.01. The number of esters is 1. The summed E-state index contributed by atoms with van der Waals surface area (Å²) in [5.41, 5.74) is 4.93. The molecule has 3 rings (SSSR count). The van der Waals surface area contributed by atoms with Crippen LogP contribution in [0, 0.1) is 0 Å². The first-order chi connectivity index (χ1) is 12.3. The second kappa shape index (κ2) is 8.84. The molecule has 0 fully saturated rings. The van der Waals surface area contributed by atoms with Crippen molar-refractivity contribution in [3.63, 3.8) is 0 Å². The highest BCUT2D eigenvalue weighted by Crippen LogP contribution is 2.41. The van der Waals surface area contributed by atoms with E-state index >= 15 is 0 Å². The van der Waals surface area contributed by atoms with Gasteiger partial charge in [0.2, 0.25) is 0 Å². The van der Waals surface area contributed by atoms with Gasteiger partial charge < -0.3 is 4.74 Å². The largest absolute Gasteiger partial charge is 0.426 e. The number of ether oxygens (including phenoxy) is 1. The third-order valence-electron chi connectivity index (χ3n) is 5.02. The lowest BCUT2D eigenvalue weighted by Crippen LogP contribution is -2.09. The molecule has 0 aliphatic heterocycles. The van der Waals surface area contributed by atoms with Crippen LogP contribution in [0.3, 0.4) is 0 Å². The van der Waals surface area contributed by atoms with Gasteiger partial charge >= 0.3 is 5.97 Å². The monoisotopic (exact) mass is 336 g/mol. The Morgan fingerprint density at radius 1 is 0.880 bits per heavy atom. The number of hydrogen-bond donors (Lipinski definition) is 0. The molecule has 1 aliphatic carbocycles. The van der Waals surface area contributed by atoms with Crippen molar-refractivity contribution in [3.8, 4) is 16.9 Å². The lowest BCUT2D eigenvalue weighted by atomic mass is 10.1. The number of rotatable bonds is 9. The maximum atomic E-state index is 12.2. The second-order valence-electron chi connectivity index (χ2n) is 6.96. The summed E-state index contributed by atoms with van der Waals surface area (Å²) in [7, 11) is 0. The number of hydrogen-bond acceptors (Lipinski definition) is 2. The van der Waals surface area contributed by atoms with Gasteiger partial charge in [-0.05, 0) is 29.2 Å². The number of unbranched alkanes of at least 4 members (excludes halogenated alkanes) is 6. The third kappa shape index (κ3) is 4.50. The van der Waals surface area contributed by atoms with Gasteiger partial charge in [-0.15, -0.1) is 0 Å². The molecule has 0 saturated heterocycles. The van der Waals surface area contributed by atoms with E-state index in [1.54, 1.807) is 0 Å². The molecule has 0 aromatic heterocycles. The summed E-state index contributed by atoms with van der Waals surface area (Å²) in [4.78, 5) is 12.2. The molecular formula is C23H28O2. The highest BCUT2D eigenvalue weighted by Gasteiger charge is 2.22. The molecule has 2 aromatic carbocycles. The second-order valence-corrected chi connectivity index (χ2v) is 6.96. The molecule has 0 N–H and O–H groups in total. The van der Waals surface area contributed by atoms with Crippen LogP contribution in [0.25, 0.3) is 11.1 Å². The van der Waals surface area contributed by atoms with Gasteiger partial charge in [0.25, 0.3) is 0 Å². The standard InChI is InChI=1S/C23H28O2/c1-2-3-4-5-6-7-8-16-23(24)25-22-15-11-14-20-19-13-10-9-12-18(19)17-21(20)22/h9-15H,2-8,16-17H2,1H3. The molecule has 2 nitrogen and oxygen atoms in total. The zero-order chi connectivity index (χ0) is 17.5. The minimum atomic E-state index is -0.0992. The summed E-state index contributed by atoms with van der Waals surface area (Å²) < 4.78 is 5.69. The number of carbonyl (C=O) groups is 1. The smallest absolute Gasteiger partial charge is 0.311 e. The topological polar surface area (TPSA) is 26.3 Å². The summed E-state index contributed by atoms with van der Waals surface area (Å²) in [6, 6.07) is 14.5. The summed E-state index contributed by atoms with van der Waals surface area (Å²) in [5, 5.41) is 0. The Hall–Kier alpha value is -2.09. The fourth-order valence-corrected chi connectivity index (χ4v) is 3.62. The van der Waals surface area contributed by atoms with E-state index in [0.29, 0.717) is 6.42 Å². The minimum absolute atomic E-state index is 0.0992. The van der Waals surface area contributed by atoms with E-state index in [1.807, 2.05) is 12.1 Å². The van der Waals surface area contributed by atoms with Crippen molar-refractivity contribution >= 4 is 5.97 Å². The van der Waals surface area contributed by atoms with Crippen molar-refractivity contribution in [3.05, 3.63) is 53.6 Å². The molecule has 0 saturated carbocycles. The normalized spacial score (nSPS) is 11.9. The number of fused-ring (bicyclic) bond motifs is 3. The molecule has 132 valence electrons. The van der Waals surface area contributed by atoms with Gasteiger partial charge in [-0.2, -0.15) is 0 Å². The first-order valence-corrected chi connectivity index (χ1v) is 9.70.